The van der Waals surface area contributed by atoms with E-state index < -0.39 is 0 Å². The fraction of sp³-hybridized carbons (Fsp3) is 0.607. The highest BCUT2D eigenvalue weighted by atomic mass is 35.5. The van der Waals surface area contributed by atoms with Crippen molar-refractivity contribution < 1.29 is 4.79 Å². The summed E-state index contributed by atoms with van der Waals surface area (Å²) in [5.74, 6) is 1.23. The van der Waals surface area contributed by atoms with Crippen LogP contribution in [0.25, 0.3) is 0 Å². The number of carbonyl (C=O) groups is 1. The summed E-state index contributed by atoms with van der Waals surface area (Å²) in [5, 5.41) is 4.15. The lowest BCUT2D eigenvalue weighted by Gasteiger charge is -2.47. The first-order valence-corrected chi connectivity index (χ1v) is 13.5. The number of hydrogen-bond acceptors (Lipinski definition) is 4. The molecule has 4 heterocycles. The third kappa shape index (κ3) is 4.15. The smallest absolute Gasteiger partial charge is 0.228 e. The van der Waals surface area contributed by atoms with Gasteiger partial charge in [-0.1, -0.05) is 50.4 Å². The van der Waals surface area contributed by atoms with Gasteiger partial charge in [-0.3, -0.25) is 9.78 Å². The Hall–Kier alpha value is -1.98. The second kappa shape index (κ2) is 9.94. The van der Waals surface area contributed by atoms with Crippen LogP contribution in [-0.4, -0.2) is 46.5 Å². The van der Waals surface area contributed by atoms with Gasteiger partial charge in [-0.15, -0.1) is 0 Å². The predicted octanol–water partition coefficient (Wildman–Crippen LogP) is 5.13. The van der Waals surface area contributed by atoms with E-state index in [1.165, 1.54) is 11.3 Å². The zero-order valence-electron chi connectivity index (χ0n) is 20.5. The minimum absolute atomic E-state index is 0.0437. The molecule has 0 radical (unpaired) electrons. The molecule has 3 aliphatic rings. The molecule has 4 atom stereocenters. The van der Waals surface area contributed by atoms with Crippen molar-refractivity contribution in [3.8, 4) is 0 Å². The van der Waals surface area contributed by atoms with Gasteiger partial charge in [0.2, 0.25) is 5.91 Å². The molecule has 182 valence electrons. The van der Waals surface area contributed by atoms with Gasteiger partial charge in [0.25, 0.3) is 0 Å². The maximum absolute atomic E-state index is 14.4. The number of amides is 1. The SMILES string of the molecule is CCC(CC)C1CC(c2ccccn2)CCN1C(=O)[C@@H]1CNC[C@]12CCCc1nc(Cl)ccc12. The number of piperidine rings is 1. The monoisotopic (exact) mass is 480 g/mol. The Bertz CT molecular complexity index is 1010. The lowest BCUT2D eigenvalue weighted by Crippen LogP contribution is -2.55. The average Bonchev–Trinajstić information content (AvgIpc) is 3.28. The standard InChI is InChI=1S/C28H37ClN4O/c1-3-19(4-2)25-16-20(23-8-5-6-14-31-23)12-15-33(25)27(34)22-17-30-18-28(22)13-7-9-24-21(28)10-11-26(29)32-24/h5-6,8,10-11,14,19-20,22,25,30H,3-4,7,9,12-13,15-18H2,1-2H3/t20?,22-,25?,28-/m0/s1. The molecule has 5 nitrogen and oxygen atoms in total. The molecule has 34 heavy (non-hydrogen) atoms. The first-order chi connectivity index (χ1) is 16.6. The van der Waals surface area contributed by atoms with Crippen molar-refractivity contribution in [3.63, 3.8) is 0 Å². The van der Waals surface area contributed by atoms with Gasteiger partial charge in [-0.05, 0) is 61.8 Å². The Morgan fingerprint density at radius 2 is 2.12 bits per heavy atom. The van der Waals surface area contributed by atoms with Crippen LogP contribution in [0.4, 0.5) is 0 Å². The highest BCUT2D eigenvalue weighted by Crippen LogP contribution is 2.47. The molecule has 1 amide bonds. The first-order valence-electron chi connectivity index (χ1n) is 13.2. The minimum atomic E-state index is -0.168. The highest BCUT2D eigenvalue weighted by Gasteiger charge is 2.52. The molecule has 0 saturated carbocycles. The predicted molar refractivity (Wildman–Crippen MR) is 136 cm³/mol. The van der Waals surface area contributed by atoms with Crippen LogP contribution in [0.5, 0.6) is 0 Å². The van der Waals surface area contributed by atoms with Crippen LogP contribution in [0.1, 0.15) is 75.2 Å². The molecular weight excluding hydrogens is 444 g/mol. The van der Waals surface area contributed by atoms with Crippen molar-refractivity contribution in [2.24, 2.45) is 11.8 Å². The number of likely N-dealkylation sites (tertiary alicyclic amines) is 1. The topological polar surface area (TPSA) is 58.1 Å². The Balaban J connectivity index is 1.45. The molecule has 2 fully saturated rings. The van der Waals surface area contributed by atoms with Gasteiger partial charge in [0, 0.05) is 54.6 Å². The minimum Gasteiger partial charge on any atom is -0.339 e. The van der Waals surface area contributed by atoms with Gasteiger partial charge < -0.3 is 10.2 Å². The zero-order valence-corrected chi connectivity index (χ0v) is 21.2. The summed E-state index contributed by atoms with van der Waals surface area (Å²) in [6.45, 7) is 6.95. The van der Waals surface area contributed by atoms with E-state index in [0.717, 1.165) is 70.3 Å². The molecule has 0 aromatic carbocycles. The molecule has 5 rings (SSSR count). The third-order valence-corrected chi connectivity index (χ3v) is 9.10. The van der Waals surface area contributed by atoms with E-state index in [4.69, 9.17) is 11.6 Å². The van der Waals surface area contributed by atoms with Crippen molar-refractivity contribution in [2.75, 3.05) is 19.6 Å². The van der Waals surface area contributed by atoms with Gasteiger partial charge in [0.15, 0.2) is 0 Å². The van der Waals surface area contributed by atoms with Crippen LogP contribution in [0.2, 0.25) is 5.15 Å². The number of carbonyl (C=O) groups excluding carboxylic acids is 1. The zero-order chi connectivity index (χ0) is 23.7. The largest absolute Gasteiger partial charge is 0.339 e. The number of aryl methyl sites for hydroxylation is 1. The van der Waals surface area contributed by atoms with Crippen molar-refractivity contribution in [3.05, 3.63) is 58.6 Å². The maximum Gasteiger partial charge on any atom is 0.228 e. The lowest BCUT2D eigenvalue weighted by atomic mass is 9.65. The molecule has 2 aromatic heterocycles. The van der Waals surface area contributed by atoms with Gasteiger partial charge >= 0.3 is 0 Å². The van der Waals surface area contributed by atoms with Gasteiger partial charge in [0.1, 0.15) is 5.15 Å². The van der Waals surface area contributed by atoms with Crippen LogP contribution in [0.15, 0.2) is 36.5 Å². The van der Waals surface area contributed by atoms with Crippen molar-refractivity contribution in [2.45, 2.75) is 76.2 Å². The van der Waals surface area contributed by atoms with Crippen molar-refractivity contribution in [1.82, 2.24) is 20.2 Å². The Kier molecular flexibility index (Phi) is 6.95. The fourth-order valence-electron chi connectivity index (χ4n) is 7.09. The van der Waals surface area contributed by atoms with E-state index in [-0.39, 0.29) is 17.4 Å². The van der Waals surface area contributed by atoms with E-state index >= 15 is 0 Å². The summed E-state index contributed by atoms with van der Waals surface area (Å²) in [6, 6.07) is 10.5. The molecule has 2 aliphatic heterocycles. The molecular formula is C28H37ClN4O. The summed E-state index contributed by atoms with van der Waals surface area (Å²) in [5.41, 5.74) is 3.34. The normalized spacial score (nSPS) is 28.9. The van der Waals surface area contributed by atoms with Crippen LogP contribution >= 0.6 is 11.6 Å². The van der Waals surface area contributed by atoms with Gasteiger partial charge in [-0.2, -0.15) is 0 Å². The Labute approximate surface area is 208 Å². The Morgan fingerprint density at radius 3 is 2.88 bits per heavy atom. The van der Waals surface area contributed by atoms with Gasteiger partial charge in [0.05, 0.1) is 5.92 Å². The molecule has 1 spiro atoms. The summed E-state index contributed by atoms with van der Waals surface area (Å²) < 4.78 is 0. The molecule has 1 aliphatic carbocycles. The first kappa shape index (κ1) is 23.7. The lowest BCUT2D eigenvalue weighted by molar-refractivity contribution is -0.142. The van der Waals surface area contributed by atoms with E-state index in [1.54, 1.807) is 0 Å². The number of halogens is 1. The quantitative estimate of drug-likeness (QED) is 0.602. The second-order valence-corrected chi connectivity index (χ2v) is 10.9. The van der Waals surface area contributed by atoms with Crippen molar-refractivity contribution >= 4 is 17.5 Å². The third-order valence-electron chi connectivity index (χ3n) is 8.89. The summed E-state index contributed by atoms with van der Waals surface area (Å²) in [6.07, 6.45) is 9.13. The van der Waals surface area contributed by atoms with Gasteiger partial charge in [-0.25, -0.2) is 4.98 Å². The van der Waals surface area contributed by atoms with Crippen LogP contribution in [-0.2, 0) is 16.6 Å². The number of nitrogens with zero attached hydrogens (tertiary/aromatic N) is 3. The van der Waals surface area contributed by atoms with E-state index in [9.17, 15) is 4.79 Å². The molecule has 0 bridgehead atoms. The van der Waals surface area contributed by atoms with E-state index in [0.29, 0.717) is 22.9 Å². The number of aromatic nitrogens is 2. The van der Waals surface area contributed by atoms with Crippen LogP contribution in [0.3, 0.4) is 0 Å². The van der Waals surface area contributed by atoms with E-state index in [1.807, 2.05) is 18.3 Å². The molecule has 6 heteroatoms. The number of hydrogen-bond donors (Lipinski definition) is 1. The maximum atomic E-state index is 14.4. The summed E-state index contributed by atoms with van der Waals surface area (Å²) >= 11 is 6.24. The molecule has 2 unspecified atom stereocenters. The molecule has 2 saturated heterocycles. The number of fused-ring (bicyclic) bond motifs is 2. The van der Waals surface area contributed by atoms with Crippen LogP contribution in [0, 0.1) is 11.8 Å². The number of rotatable bonds is 5. The Morgan fingerprint density at radius 1 is 1.26 bits per heavy atom. The highest BCUT2D eigenvalue weighted by molar-refractivity contribution is 6.29. The second-order valence-electron chi connectivity index (χ2n) is 10.5. The summed E-state index contributed by atoms with van der Waals surface area (Å²) in [7, 11) is 0. The number of pyridine rings is 2. The fourth-order valence-corrected chi connectivity index (χ4v) is 7.25. The molecule has 2 aromatic rings. The number of nitrogens with one attached hydrogen (secondary N) is 1. The van der Waals surface area contributed by atoms with Crippen molar-refractivity contribution in [1.29, 1.82) is 0 Å². The van der Waals surface area contributed by atoms with E-state index in [2.05, 4.69) is 52.2 Å². The summed E-state index contributed by atoms with van der Waals surface area (Å²) in [4.78, 5) is 26.0. The average molecular weight is 481 g/mol. The molecule has 1 N–H and O–H groups in total. The van der Waals surface area contributed by atoms with Crippen LogP contribution < -0.4 is 5.32 Å².